The highest BCUT2D eigenvalue weighted by Gasteiger charge is 2.16. The van der Waals surface area contributed by atoms with Crippen LogP contribution in [-0.2, 0) is 9.59 Å². The monoisotopic (exact) mass is 615 g/mol. The number of carbonyl (C=O) groups excluding carboxylic acids is 2. The van der Waals surface area contributed by atoms with Crippen molar-refractivity contribution in [3.63, 3.8) is 0 Å². The Kier molecular flexibility index (Phi) is 9.73. The van der Waals surface area contributed by atoms with Gasteiger partial charge >= 0.3 is 0 Å². The van der Waals surface area contributed by atoms with Gasteiger partial charge in [-0.1, -0.05) is 29.3 Å². The van der Waals surface area contributed by atoms with Crippen LogP contribution < -0.4 is 20.1 Å². The van der Waals surface area contributed by atoms with Crippen LogP contribution in [-0.4, -0.2) is 25.0 Å². The van der Waals surface area contributed by atoms with Gasteiger partial charge in [0.2, 0.25) is 0 Å². The maximum Gasteiger partial charge on any atom is 0.266 e. The van der Waals surface area contributed by atoms with E-state index >= 15 is 0 Å². The lowest BCUT2D eigenvalue weighted by Gasteiger charge is -2.15. The number of carbonyl (C=O) groups is 2. The lowest BCUT2D eigenvalue weighted by Crippen LogP contribution is -2.20. The van der Waals surface area contributed by atoms with E-state index in [2.05, 4.69) is 33.2 Å². The van der Waals surface area contributed by atoms with E-state index in [1.807, 2.05) is 44.2 Å². The van der Waals surface area contributed by atoms with Crippen LogP contribution in [0.4, 0.5) is 11.4 Å². The molecular formula is C27H23ClIN3O4. The minimum absolute atomic E-state index is 0.0886. The number of hydrogen-bond donors (Lipinski definition) is 2. The molecule has 0 aromatic heterocycles. The van der Waals surface area contributed by atoms with E-state index in [0.29, 0.717) is 43.6 Å². The molecule has 0 heterocycles. The first-order valence-electron chi connectivity index (χ1n) is 10.9. The normalized spacial score (nSPS) is 10.8. The smallest absolute Gasteiger partial charge is 0.266 e. The summed E-state index contributed by atoms with van der Waals surface area (Å²) in [5.41, 5.74) is 2.77. The molecule has 3 aromatic carbocycles. The first kappa shape index (κ1) is 27.0. The fourth-order valence-corrected chi connectivity index (χ4v) is 4.00. The number of ether oxygens (including phenoxy) is 2. The molecule has 0 unspecified atom stereocenters. The lowest BCUT2D eigenvalue weighted by atomic mass is 10.1. The number of nitrogens with one attached hydrogen (secondary N) is 2. The summed E-state index contributed by atoms with van der Waals surface area (Å²) in [6.45, 7) is 3.93. The molecule has 0 saturated carbocycles. The standard InChI is InChI=1S/C27H23ClIN3O4/c1-3-35-24-14-18(12-19(15-30)27(34)32-22-10-6-20(28)7-11-22)13-23(29)26(24)36-16-25(33)31-21-8-4-17(2)5-9-21/h4-14H,3,16H2,1-2H3,(H,31,33)(H,32,34)/b19-12+. The Hall–Kier alpha value is -3.55. The second-order valence-electron chi connectivity index (χ2n) is 7.60. The first-order valence-corrected chi connectivity index (χ1v) is 12.4. The van der Waals surface area contributed by atoms with Crippen LogP contribution in [0.15, 0.2) is 66.2 Å². The molecule has 0 bridgehead atoms. The van der Waals surface area contributed by atoms with Crippen molar-refractivity contribution >= 4 is 63.5 Å². The van der Waals surface area contributed by atoms with E-state index < -0.39 is 5.91 Å². The van der Waals surface area contributed by atoms with Crippen molar-refractivity contribution in [2.24, 2.45) is 0 Å². The molecule has 3 rings (SSSR count). The molecule has 0 aliphatic heterocycles. The fourth-order valence-electron chi connectivity index (χ4n) is 3.09. The van der Waals surface area contributed by atoms with Crippen LogP contribution in [0.25, 0.3) is 6.08 Å². The van der Waals surface area contributed by atoms with Gasteiger partial charge < -0.3 is 20.1 Å². The Balaban J connectivity index is 1.76. The Morgan fingerprint density at radius 3 is 2.31 bits per heavy atom. The van der Waals surface area contributed by atoms with Crippen molar-refractivity contribution in [3.8, 4) is 17.6 Å². The number of benzene rings is 3. The SMILES string of the molecule is CCOc1cc(/C=C(\C#N)C(=O)Nc2ccc(Cl)cc2)cc(I)c1OCC(=O)Nc1ccc(C)cc1. The topological polar surface area (TPSA) is 100 Å². The Morgan fingerprint density at radius 2 is 1.67 bits per heavy atom. The number of nitriles is 1. The van der Waals surface area contributed by atoms with E-state index in [0.717, 1.165) is 5.56 Å². The van der Waals surface area contributed by atoms with Gasteiger partial charge in [-0.2, -0.15) is 5.26 Å². The number of rotatable bonds is 9. The lowest BCUT2D eigenvalue weighted by molar-refractivity contribution is -0.118. The number of halogens is 2. The number of aryl methyl sites for hydroxylation is 1. The first-order chi connectivity index (χ1) is 17.3. The van der Waals surface area contributed by atoms with Gasteiger partial charge in [-0.25, -0.2) is 0 Å². The molecule has 2 N–H and O–H groups in total. The quantitative estimate of drug-likeness (QED) is 0.169. The summed E-state index contributed by atoms with van der Waals surface area (Å²) < 4.78 is 12.2. The van der Waals surface area contributed by atoms with Crippen molar-refractivity contribution in [1.82, 2.24) is 0 Å². The highest BCUT2D eigenvalue weighted by atomic mass is 127. The average Bonchev–Trinajstić information content (AvgIpc) is 2.85. The van der Waals surface area contributed by atoms with Gasteiger partial charge in [0.25, 0.3) is 11.8 Å². The minimum atomic E-state index is -0.555. The van der Waals surface area contributed by atoms with Crippen molar-refractivity contribution in [3.05, 3.63) is 86.0 Å². The number of nitrogens with zero attached hydrogens (tertiary/aromatic N) is 1. The average molecular weight is 616 g/mol. The van der Waals surface area contributed by atoms with E-state index in [9.17, 15) is 14.9 Å². The van der Waals surface area contributed by atoms with Crippen molar-refractivity contribution in [2.75, 3.05) is 23.8 Å². The Bertz CT molecular complexity index is 1320. The van der Waals surface area contributed by atoms with Crippen LogP contribution in [0, 0.1) is 21.8 Å². The molecular weight excluding hydrogens is 593 g/mol. The molecule has 0 spiro atoms. The maximum absolute atomic E-state index is 12.6. The molecule has 0 saturated heterocycles. The van der Waals surface area contributed by atoms with E-state index in [1.54, 1.807) is 36.4 Å². The van der Waals surface area contributed by atoms with Gasteiger partial charge in [-0.3, -0.25) is 9.59 Å². The van der Waals surface area contributed by atoms with E-state index in [4.69, 9.17) is 21.1 Å². The highest BCUT2D eigenvalue weighted by Crippen LogP contribution is 2.35. The third-order valence-electron chi connectivity index (χ3n) is 4.79. The van der Waals surface area contributed by atoms with Crippen LogP contribution >= 0.6 is 34.2 Å². The van der Waals surface area contributed by atoms with Crippen LogP contribution in [0.3, 0.4) is 0 Å². The van der Waals surface area contributed by atoms with E-state index in [1.165, 1.54) is 6.08 Å². The second-order valence-corrected chi connectivity index (χ2v) is 9.20. The zero-order valence-electron chi connectivity index (χ0n) is 19.6. The van der Waals surface area contributed by atoms with Gasteiger partial charge in [0, 0.05) is 16.4 Å². The Morgan fingerprint density at radius 1 is 1.03 bits per heavy atom. The highest BCUT2D eigenvalue weighted by molar-refractivity contribution is 14.1. The minimum Gasteiger partial charge on any atom is -0.490 e. The van der Waals surface area contributed by atoms with E-state index in [-0.39, 0.29) is 18.1 Å². The Labute approximate surface area is 228 Å². The molecule has 0 fully saturated rings. The van der Waals surface area contributed by atoms with Gasteiger partial charge in [0.1, 0.15) is 11.6 Å². The summed E-state index contributed by atoms with van der Waals surface area (Å²) in [5, 5.41) is 15.6. The molecule has 3 aromatic rings. The van der Waals surface area contributed by atoms with Crippen molar-refractivity contribution in [1.29, 1.82) is 5.26 Å². The predicted octanol–water partition coefficient (Wildman–Crippen LogP) is 6.21. The second kappa shape index (κ2) is 13.0. The summed E-state index contributed by atoms with van der Waals surface area (Å²) in [5.74, 6) is -0.0698. The maximum atomic E-state index is 12.6. The van der Waals surface area contributed by atoms with Gasteiger partial charge in [0.05, 0.1) is 10.2 Å². The molecule has 0 atom stereocenters. The van der Waals surface area contributed by atoms with Crippen LogP contribution in [0.5, 0.6) is 11.5 Å². The third-order valence-corrected chi connectivity index (χ3v) is 5.85. The summed E-state index contributed by atoms with van der Waals surface area (Å²) in [7, 11) is 0. The number of anilines is 2. The van der Waals surface area contributed by atoms with Gasteiger partial charge in [0.15, 0.2) is 18.1 Å². The third kappa shape index (κ3) is 7.73. The van der Waals surface area contributed by atoms with Gasteiger partial charge in [-0.15, -0.1) is 0 Å². The summed E-state index contributed by atoms with van der Waals surface area (Å²) in [4.78, 5) is 25.0. The molecule has 0 aliphatic rings. The molecule has 2 amide bonds. The molecule has 184 valence electrons. The largest absolute Gasteiger partial charge is 0.490 e. The molecule has 7 nitrogen and oxygen atoms in total. The molecule has 9 heteroatoms. The summed E-state index contributed by atoms with van der Waals surface area (Å²) in [6, 6.07) is 19.4. The summed E-state index contributed by atoms with van der Waals surface area (Å²) in [6.07, 6.45) is 1.46. The zero-order valence-corrected chi connectivity index (χ0v) is 22.5. The van der Waals surface area contributed by atoms with Crippen LogP contribution in [0.2, 0.25) is 5.02 Å². The number of hydrogen-bond acceptors (Lipinski definition) is 5. The number of amides is 2. The zero-order chi connectivity index (χ0) is 26.1. The predicted molar refractivity (Wildman–Crippen MR) is 149 cm³/mol. The van der Waals surface area contributed by atoms with Crippen molar-refractivity contribution < 1.29 is 19.1 Å². The fraction of sp³-hybridized carbons (Fsp3) is 0.148. The molecule has 0 aliphatic carbocycles. The van der Waals surface area contributed by atoms with Crippen LogP contribution in [0.1, 0.15) is 18.1 Å². The summed E-state index contributed by atoms with van der Waals surface area (Å²) >= 11 is 7.93. The molecule has 36 heavy (non-hydrogen) atoms. The van der Waals surface area contributed by atoms with Gasteiger partial charge in [-0.05, 0) is 96.6 Å². The molecule has 0 radical (unpaired) electrons. The van der Waals surface area contributed by atoms with Crippen molar-refractivity contribution in [2.45, 2.75) is 13.8 Å².